The summed E-state index contributed by atoms with van der Waals surface area (Å²) in [5.74, 6) is -1.09. The summed E-state index contributed by atoms with van der Waals surface area (Å²) in [6.45, 7) is 1.34. The molecule has 0 aliphatic carbocycles. The quantitative estimate of drug-likeness (QED) is 0.417. The summed E-state index contributed by atoms with van der Waals surface area (Å²) in [5, 5.41) is 15.3. The number of carbonyl (C=O) groups excluding carboxylic acids is 1. The van der Waals surface area contributed by atoms with Crippen molar-refractivity contribution in [3.63, 3.8) is 0 Å². The van der Waals surface area contributed by atoms with Gasteiger partial charge in [-0.25, -0.2) is 15.0 Å². The van der Waals surface area contributed by atoms with Crippen LogP contribution < -0.4 is 15.5 Å². The molecule has 0 saturated carbocycles. The minimum Gasteiger partial charge on any atom is -0.479 e. The highest BCUT2D eigenvalue weighted by Gasteiger charge is 2.11. The molecule has 0 radical (unpaired) electrons. The van der Waals surface area contributed by atoms with Gasteiger partial charge in [0.1, 0.15) is 0 Å². The number of aryl methyl sites for hydroxylation is 1. The van der Waals surface area contributed by atoms with Gasteiger partial charge in [-0.2, -0.15) is 5.10 Å². The Labute approximate surface area is 173 Å². The van der Waals surface area contributed by atoms with Gasteiger partial charge in [-0.15, -0.1) is 0 Å². The number of nitrogens with one attached hydrogen (secondary N) is 2. The van der Waals surface area contributed by atoms with E-state index >= 15 is 0 Å². The summed E-state index contributed by atoms with van der Waals surface area (Å²) in [7, 11) is 0. The zero-order valence-corrected chi connectivity index (χ0v) is 17.0. The molecule has 0 saturated heterocycles. The number of benzene rings is 2. The highest BCUT2D eigenvalue weighted by atomic mass is 79.9. The number of aliphatic carboxylic acids is 1. The lowest BCUT2D eigenvalue weighted by Gasteiger charge is -2.09. The molecule has 2 rings (SSSR count). The smallest absolute Gasteiger partial charge is 0.341 e. The van der Waals surface area contributed by atoms with Gasteiger partial charge in [0.25, 0.3) is 0 Å². The van der Waals surface area contributed by atoms with Crippen LogP contribution in [0.15, 0.2) is 39.9 Å². The van der Waals surface area contributed by atoms with E-state index in [1.54, 1.807) is 6.07 Å². The van der Waals surface area contributed by atoms with Gasteiger partial charge >= 0.3 is 12.0 Å². The summed E-state index contributed by atoms with van der Waals surface area (Å²) in [4.78, 5) is 22.4. The Hall–Kier alpha value is -2.29. The lowest BCUT2D eigenvalue weighted by atomic mass is 10.2. The van der Waals surface area contributed by atoms with Crippen LogP contribution >= 0.6 is 39.1 Å². The fourth-order valence-corrected chi connectivity index (χ4v) is 2.83. The number of amides is 2. The highest BCUT2D eigenvalue weighted by molar-refractivity contribution is 9.10. The maximum atomic E-state index is 11.9. The number of carboxylic acids is 1. The van der Waals surface area contributed by atoms with Gasteiger partial charge in [-0.1, -0.05) is 39.1 Å². The molecule has 0 atom stereocenters. The van der Waals surface area contributed by atoms with Crippen molar-refractivity contribution >= 4 is 63.0 Å². The van der Waals surface area contributed by atoms with Crippen molar-refractivity contribution in [2.75, 3.05) is 11.9 Å². The van der Waals surface area contributed by atoms with Crippen LogP contribution in [0.1, 0.15) is 11.1 Å². The summed E-state index contributed by atoms with van der Waals surface area (Å²) in [6, 6.07) is 7.81. The second-order valence-corrected chi connectivity index (χ2v) is 6.95. The van der Waals surface area contributed by atoms with Gasteiger partial charge in [0.15, 0.2) is 12.4 Å². The predicted molar refractivity (Wildman–Crippen MR) is 108 cm³/mol. The Balaban J connectivity index is 1.97. The molecule has 0 unspecified atom stereocenters. The zero-order chi connectivity index (χ0) is 20.0. The van der Waals surface area contributed by atoms with Crippen molar-refractivity contribution in [2.24, 2.45) is 5.10 Å². The molecule has 0 bridgehead atoms. The van der Waals surface area contributed by atoms with Gasteiger partial charge < -0.3 is 15.2 Å². The molecule has 0 fully saturated rings. The standard InChI is InChI=1S/C17H14BrCl2N3O4/c1-9-4-11(2-3-12(9)18)22-17(26)23-21-7-10-5-13(19)16(14(20)6-10)27-8-15(24)25/h2-7H,8H2,1H3,(H,24,25)(H2,22,23,26)/b21-7+. The number of urea groups is 1. The van der Waals surface area contributed by atoms with E-state index < -0.39 is 18.6 Å². The number of ether oxygens (including phenoxy) is 1. The molecule has 142 valence electrons. The van der Waals surface area contributed by atoms with Crippen molar-refractivity contribution < 1.29 is 19.4 Å². The van der Waals surface area contributed by atoms with Crippen LogP contribution in [-0.4, -0.2) is 29.9 Å². The van der Waals surface area contributed by atoms with E-state index in [-0.39, 0.29) is 15.8 Å². The molecule has 2 aromatic rings. The minimum absolute atomic E-state index is 0.0641. The Morgan fingerprint density at radius 1 is 1.26 bits per heavy atom. The SMILES string of the molecule is Cc1cc(NC(=O)N/N=C/c2cc(Cl)c(OCC(=O)O)c(Cl)c2)ccc1Br. The summed E-state index contributed by atoms with van der Waals surface area (Å²) < 4.78 is 5.96. The van der Waals surface area contributed by atoms with Crippen LogP contribution in [0.4, 0.5) is 10.5 Å². The van der Waals surface area contributed by atoms with Crippen LogP contribution in [0, 0.1) is 6.92 Å². The number of carbonyl (C=O) groups is 2. The summed E-state index contributed by atoms with van der Waals surface area (Å²) >= 11 is 15.4. The second kappa shape index (κ2) is 9.59. The molecular weight excluding hydrogens is 461 g/mol. The zero-order valence-electron chi connectivity index (χ0n) is 13.9. The lowest BCUT2D eigenvalue weighted by molar-refractivity contribution is -0.139. The Morgan fingerprint density at radius 2 is 1.93 bits per heavy atom. The first kappa shape index (κ1) is 21.0. The van der Waals surface area contributed by atoms with E-state index in [2.05, 4.69) is 31.8 Å². The lowest BCUT2D eigenvalue weighted by Crippen LogP contribution is -2.24. The van der Waals surface area contributed by atoms with Gasteiger partial charge in [0, 0.05) is 10.2 Å². The minimum atomic E-state index is -1.15. The first-order valence-electron chi connectivity index (χ1n) is 7.46. The van der Waals surface area contributed by atoms with Crippen LogP contribution in [0.2, 0.25) is 10.0 Å². The van der Waals surface area contributed by atoms with Crippen molar-refractivity contribution in [3.05, 3.63) is 56.0 Å². The van der Waals surface area contributed by atoms with Crippen molar-refractivity contribution in [1.82, 2.24) is 5.43 Å². The third-order valence-corrected chi connectivity index (χ3v) is 4.61. The Bertz CT molecular complexity index is 883. The van der Waals surface area contributed by atoms with Crippen LogP contribution in [0.3, 0.4) is 0 Å². The number of carboxylic acid groups (broad SMARTS) is 1. The maximum absolute atomic E-state index is 11.9. The third kappa shape index (κ3) is 6.42. The highest BCUT2D eigenvalue weighted by Crippen LogP contribution is 2.33. The Kier molecular flexibility index (Phi) is 7.46. The van der Waals surface area contributed by atoms with E-state index in [1.807, 2.05) is 19.1 Å². The number of halogens is 3. The van der Waals surface area contributed by atoms with E-state index in [0.29, 0.717) is 11.3 Å². The van der Waals surface area contributed by atoms with E-state index in [4.69, 9.17) is 33.0 Å². The molecule has 0 spiro atoms. The van der Waals surface area contributed by atoms with Gasteiger partial charge in [-0.05, 0) is 48.4 Å². The summed E-state index contributed by atoms with van der Waals surface area (Å²) in [6.07, 6.45) is 1.34. The average Bonchev–Trinajstić information content (AvgIpc) is 2.57. The molecule has 0 aliphatic heterocycles. The van der Waals surface area contributed by atoms with Crippen LogP contribution in [-0.2, 0) is 4.79 Å². The molecule has 2 amide bonds. The van der Waals surface area contributed by atoms with Crippen molar-refractivity contribution in [3.8, 4) is 5.75 Å². The van der Waals surface area contributed by atoms with Crippen molar-refractivity contribution in [2.45, 2.75) is 6.92 Å². The number of hydrazone groups is 1. The van der Waals surface area contributed by atoms with Crippen molar-refractivity contribution in [1.29, 1.82) is 0 Å². The fraction of sp³-hybridized carbons (Fsp3) is 0.118. The maximum Gasteiger partial charge on any atom is 0.341 e. The van der Waals surface area contributed by atoms with Gasteiger partial charge in [-0.3, -0.25) is 0 Å². The molecular formula is C17H14BrCl2N3O4. The molecule has 10 heteroatoms. The molecule has 3 N–H and O–H groups in total. The fourth-order valence-electron chi connectivity index (χ4n) is 1.97. The van der Waals surface area contributed by atoms with Crippen LogP contribution in [0.25, 0.3) is 0 Å². The largest absolute Gasteiger partial charge is 0.479 e. The van der Waals surface area contributed by atoms with Gasteiger partial charge in [0.2, 0.25) is 0 Å². The predicted octanol–water partition coefficient (Wildman–Crippen LogP) is 4.68. The number of nitrogens with zero attached hydrogens (tertiary/aromatic N) is 1. The number of hydrogen-bond donors (Lipinski definition) is 3. The molecule has 0 aromatic heterocycles. The van der Waals surface area contributed by atoms with E-state index in [1.165, 1.54) is 18.3 Å². The molecule has 0 heterocycles. The van der Waals surface area contributed by atoms with E-state index in [9.17, 15) is 9.59 Å². The normalized spacial score (nSPS) is 10.7. The first-order chi connectivity index (χ1) is 12.8. The second-order valence-electron chi connectivity index (χ2n) is 5.28. The van der Waals surface area contributed by atoms with Gasteiger partial charge in [0.05, 0.1) is 16.3 Å². The molecule has 2 aromatic carbocycles. The molecule has 27 heavy (non-hydrogen) atoms. The number of rotatable bonds is 6. The number of hydrogen-bond acceptors (Lipinski definition) is 4. The molecule has 0 aliphatic rings. The third-order valence-electron chi connectivity index (χ3n) is 3.16. The Morgan fingerprint density at radius 3 is 2.52 bits per heavy atom. The summed E-state index contributed by atoms with van der Waals surface area (Å²) in [5.41, 5.74) is 4.41. The first-order valence-corrected chi connectivity index (χ1v) is 9.01. The average molecular weight is 475 g/mol. The number of anilines is 1. The monoisotopic (exact) mass is 473 g/mol. The topological polar surface area (TPSA) is 100 Å². The van der Waals surface area contributed by atoms with Crippen LogP contribution in [0.5, 0.6) is 5.75 Å². The molecule has 7 nitrogen and oxygen atoms in total. The van der Waals surface area contributed by atoms with E-state index in [0.717, 1.165) is 10.0 Å².